The predicted molar refractivity (Wildman–Crippen MR) is 98.6 cm³/mol. The van der Waals surface area contributed by atoms with Crippen LogP contribution in [0.4, 0.5) is 5.69 Å². The van der Waals surface area contributed by atoms with Crippen LogP contribution in [0.2, 0.25) is 0 Å². The second-order valence-electron chi connectivity index (χ2n) is 6.22. The zero-order valence-electron chi connectivity index (χ0n) is 14.8. The van der Waals surface area contributed by atoms with Crippen molar-refractivity contribution in [1.82, 2.24) is 5.32 Å². The first-order chi connectivity index (χ1) is 13.0. The molecule has 1 aliphatic rings. The standard InChI is InChI=1S/C20H20N2O5/c1-27-15-9-6-14(7-10-15)19(20(25)26)21-17(23)12-22-16-5-3-2-4-13(16)8-11-18(22)24/h2-7,9-10,19H,8,11-12H2,1H3,(H,21,23)(H,25,26). The van der Waals surface area contributed by atoms with Gasteiger partial charge >= 0.3 is 5.97 Å². The number of para-hydroxylation sites is 1. The number of aryl methyl sites for hydroxylation is 1. The van der Waals surface area contributed by atoms with Crippen molar-refractivity contribution in [3.8, 4) is 5.75 Å². The summed E-state index contributed by atoms with van der Waals surface area (Å²) >= 11 is 0. The topological polar surface area (TPSA) is 95.9 Å². The summed E-state index contributed by atoms with van der Waals surface area (Å²) in [5, 5.41) is 12.0. The van der Waals surface area contributed by atoms with E-state index in [-0.39, 0.29) is 12.5 Å². The Morgan fingerprint density at radius 2 is 1.85 bits per heavy atom. The van der Waals surface area contributed by atoms with Crippen LogP contribution >= 0.6 is 0 Å². The summed E-state index contributed by atoms with van der Waals surface area (Å²) in [7, 11) is 1.51. The number of carbonyl (C=O) groups excluding carboxylic acids is 2. The molecule has 1 atom stereocenters. The molecule has 3 rings (SSSR count). The van der Waals surface area contributed by atoms with Gasteiger partial charge in [-0.3, -0.25) is 9.59 Å². The molecule has 0 saturated carbocycles. The molecule has 140 valence electrons. The van der Waals surface area contributed by atoms with Gasteiger partial charge in [-0.05, 0) is 35.7 Å². The largest absolute Gasteiger partial charge is 0.497 e. The molecular weight excluding hydrogens is 348 g/mol. The van der Waals surface area contributed by atoms with E-state index >= 15 is 0 Å². The van der Waals surface area contributed by atoms with Gasteiger partial charge in [0, 0.05) is 12.1 Å². The van der Waals surface area contributed by atoms with Gasteiger partial charge in [0.25, 0.3) is 0 Å². The van der Waals surface area contributed by atoms with Crippen molar-refractivity contribution in [1.29, 1.82) is 0 Å². The van der Waals surface area contributed by atoms with Crippen LogP contribution in [-0.4, -0.2) is 36.5 Å². The molecule has 2 amide bonds. The van der Waals surface area contributed by atoms with Crippen LogP contribution in [0.1, 0.15) is 23.6 Å². The van der Waals surface area contributed by atoms with Gasteiger partial charge in [-0.2, -0.15) is 0 Å². The average molecular weight is 368 g/mol. The van der Waals surface area contributed by atoms with Crippen LogP contribution < -0.4 is 15.0 Å². The lowest BCUT2D eigenvalue weighted by molar-refractivity contribution is -0.141. The van der Waals surface area contributed by atoms with Crippen LogP contribution in [0.15, 0.2) is 48.5 Å². The number of ether oxygens (including phenoxy) is 1. The lowest BCUT2D eigenvalue weighted by atomic mass is 10.0. The van der Waals surface area contributed by atoms with E-state index in [1.165, 1.54) is 12.0 Å². The molecule has 27 heavy (non-hydrogen) atoms. The van der Waals surface area contributed by atoms with Gasteiger partial charge in [0.2, 0.25) is 11.8 Å². The SMILES string of the molecule is COc1ccc(C(NC(=O)CN2C(=O)CCc3ccccc32)C(=O)O)cc1. The number of carboxylic acid groups (broad SMARTS) is 1. The summed E-state index contributed by atoms with van der Waals surface area (Å²) in [5.74, 6) is -1.29. The molecule has 0 aliphatic carbocycles. The number of carboxylic acids is 1. The number of amides is 2. The Morgan fingerprint density at radius 3 is 2.52 bits per heavy atom. The zero-order valence-corrected chi connectivity index (χ0v) is 14.8. The molecule has 0 spiro atoms. The Hall–Kier alpha value is -3.35. The molecular formula is C20H20N2O5. The first-order valence-corrected chi connectivity index (χ1v) is 8.54. The minimum absolute atomic E-state index is 0.153. The normalized spacial score (nSPS) is 14.3. The van der Waals surface area contributed by atoms with Crippen molar-refractivity contribution < 1.29 is 24.2 Å². The molecule has 2 aromatic rings. The Kier molecular flexibility index (Phi) is 5.40. The minimum atomic E-state index is -1.21. The third kappa shape index (κ3) is 4.08. The molecule has 0 aromatic heterocycles. The van der Waals surface area contributed by atoms with Gasteiger partial charge in [0.05, 0.1) is 7.11 Å². The molecule has 7 heteroatoms. The molecule has 7 nitrogen and oxygen atoms in total. The highest BCUT2D eigenvalue weighted by molar-refractivity contribution is 6.01. The molecule has 1 aliphatic heterocycles. The van der Waals surface area contributed by atoms with Crippen molar-refractivity contribution >= 4 is 23.5 Å². The number of rotatable bonds is 6. The van der Waals surface area contributed by atoms with Gasteiger partial charge in [0.1, 0.15) is 12.3 Å². The van der Waals surface area contributed by atoms with Crippen molar-refractivity contribution in [2.75, 3.05) is 18.6 Å². The van der Waals surface area contributed by atoms with Crippen molar-refractivity contribution in [2.24, 2.45) is 0 Å². The average Bonchev–Trinajstić information content (AvgIpc) is 2.68. The Bertz CT molecular complexity index is 863. The van der Waals surface area contributed by atoms with Crippen LogP contribution in [0.5, 0.6) is 5.75 Å². The number of hydrogen-bond donors (Lipinski definition) is 2. The Labute approximate surface area is 156 Å². The maximum absolute atomic E-state index is 12.5. The lowest BCUT2D eigenvalue weighted by Gasteiger charge is -2.29. The van der Waals surface area contributed by atoms with E-state index < -0.39 is 17.9 Å². The van der Waals surface area contributed by atoms with E-state index in [0.29, 0.717) is 29.8 Å². The van der Waals surface area contributed by atoms with Gasteiger partial charge in [0.15, 0.2) is 6.04 Å². The Balaban J connectivity index is 1.75. The second-order valence-corrected chi connectivity index (χ2v) is 6.22. The second kappa shape index (κ2) is 7.90. The van der Waals surface area contributed by atoms with E-state index in [1.807, 2.05) is 12.1 Å². The van der Waals surface area contributed by atoms with Gasteiger partial charge in [-0.1, -0.05) is 30.3 Å². The summed E-state index contributed by atoms with van der Waals surface area (Å²) in [6.07, 6.45) is 0.960. The smallest absolute Gasteiger partial charge is 0.330 e. The fourth-order valence-corrected chi connectivity index (χ4v) is 3.10. The van der Waals surface area contributed by atoms with Crippen molar-refractivity contribution in [3.63, 3.8) is 0 Å². The van der Waals surface area contributed by atoms with Gasteiger partial charge in [-0.15, -0.1) is 0 Å². The third-order valence-corrected chi connectivity index (χ3v) is 4.49. The maximum atomic E-state index is 12.5. The maximum Gasteiger partial charge on any atom is 0.330 e. The number of fused-ring (bicyclic) bond motifs is 1. The summed E-state index contributed by atoms with van der Waals surface area (Å²) < 4.78 is 5.06. The van der Waals surface area contributed by atoms with E-state index in [2.05, 4.69) is 5.32 Å². The Morgan fingerprint density at radius 1 is 1.15 bits per heavy atom. The number of aliphatic carboxylic acids is 1. The summed E-state index contributed by atoms with van der Waals surface area (Å²) in [5.41, 5.74) is 2.11. The van der Waals surface area contributed by atoms with Crippen LogP contribution in [0.3, 0.4) is 0 Å². The number of carbonyl (C=O) groups is 3. The number of nitrogens with zero attached hydrogens (tertiary/aromatic N) is 1. The lowest BCUT2D eigenvalue weighted by Crippen LogP contribution is -2.45. The van der Waals surface area contributed by atoms with Crippen LogP contribution in [0.25, 0.3) is 0 Å². The summed E-state index contributed by atoms with van der Waals surface area (Å²) in [4.78, 5) is 37.8. The van der Waals surface area contributed by atoms with E-state index in [0.717, 1.165) is 5.56 Å². The molecule has 2 aromatic carbocycles. The third-order valence-electron chi connectivity index (χ3n) is 4.49. The summed E-state index contributed by atoms with van der Waals surface area (Å²) in [6.45, 7) is -0.226. The predicted octanol–water partition coefficient (Wildman–Crippen LogP) is 1.92. The van der Waals surface area contributed by atoms with Crippen molar-refractivity contribution in [2.45, 2.75) is 18.9 Å². The highest BCUT2D eigenvalue weighted by Gasteiger charge is 2.28. The highest BCUT2D eigenvalue weighted by Crippen LogP contribution is 2.27. The fourth-order valence-electron chi connectivity index (χ4n) is 3.10. The minimum Gasteiger partial charge on any atom is -0.497 e. The van der Waals surface area contributed by atoms with E-state index in [4.69, 9.17) is 4.74 Å². The molecule has 1 unspecified atom stereocenters. The summed E-state index contributed by atoms with van der Waals surface area (Å²) in [6, 6.07) is 12.6. The van der Waals surface area contributed by atoms with Gasteiger partial charge in [-0.25, -0.2) is 4.79 Å². The van der Waals surface area contributed by atoms with Crippen LogP contribution in [-0.2, 0) is 20.8 Å². The van der Waals surface area contributed by atoms with Gasteiger partial charge < -0.3 is 20.1 Å². The van der Waals surface area contributed by atoms with E-state index in [1.54, 1.807) is 36.4 Å². The van der Waals surface area contributed by atoms with Crippen molar-refractivity contribution in [3.05, 3.63) is 59.7 Å². The molecule has 2 N–H and O–H groups in total. The van der Waals surface area contributed by atoms with E-state index in [9.17, 15) is 19.5 Å². The number of nitrogens with one attached hydrogen (secondary N) is 1. The molecule has 0 saturated heterocycles. The monoisotopic (exact) mass is 368 g/mol. The molecule has 0 radical (unpaired) electrons. The fraction of sp³-hybridized carbons (Fsp3) is 0.250. The quantitative estimate of drug-likeness (QED) is 0.812. The highest BCUT2D eigenvalue weighted by atomic mass is 16.5. The zero-order chi connectivity index (χ0) is 19.4. The number of hydrogen-bond acceptors (Lipinski definition) is 4. The van der Waals surface area contributed by atoms with Crippen LogP contribution in [0, 0.1) is 0 Å². The molecule has 0 fully saturated rings. The number of anilines is 1. The number of methoxy groups -OCH3 is 1. The number of benzene rings is 2. The first-order valence-electron chi connectivity index (χ1n) is 8.54. The first kappa shape index (κ1) is 18.4. The molecule has 1 heterocycles. The molecule has 0 bridgehead atoms.